The molecular formula is C17H13NO3. The van der Waals surface area contributed by atoms with Crippen LogP contribution in [0, 0.1) is 6.92 Å². The molecule has 0 aliphatic carbocycles. The first-order valence-electron chi connectivity index (χ1n) is 6.51. The Kier molecular flexibility index (Phi) is 3.28. The number of carbonyl (C=O) groups is 1. The average molecular weight is 279 g/mol. The highest BCUT2D eigenvalue weighted by Gasteiger charge is 2.09. The molecule has 0 bridgehead atoms. The topological polar surface area (TPSA) is 63.3 Å². The van der Waals surface area contributed by atoms with E-state index in [4.69, 9.17) is 9.63 Å². The van der Waals surface area contributed by atoms with Crippen molar-refractivity contribution in [1.29, 1.82) is 0 Å². The second-order valence-corrected chi connectivity index (χ2v) is 4.82. The molecule has 0 saturated heterocycles. The number of nitrogens with zero attached hydrogens (tertiary/aromatic N) is 1. The van der Waals surface area contributed by atoms with Gasteiger partial charge in [-0.25, -0.2) is 4.79 Å². The van der Waals surface area contributed by atoms with Gasteiger partial charge in [-0.05, 0) is 19.1 Å². The summed E-state index contributed by atoms with van der Waals surface area (Å²) in [7, 11) is 0. The first-order chi connectivity index (χ1) is 10.1. The Labute approximate surface area is 121 Å². The zero-order chi connectivity index (χ0) is 14.8. The second-order valence-electron chi connectivity index (χ2n) is 4.82. The zero-order valence-electron chi connectivity index (χ0n) is 11.4. The molecule has 4 nitrogen and oxygen atoms in total. The number of hydrogen-bond acceptors (Lipinski definition) is 3. The van der Waals surface area contributed by atoms with E-state index >= 15 is 0 Å². The minimum Gasteiger partial charge on any atom is -0.478 e. The van der Waals surface area contributed by atoms with Crippen LogP contribution in [0.25, 0.3) is 22.6 Å². The van der Waals surface area contributed by atoms with E-state index in [-0.39, 0.29) is 5.56 Å². The summed E-state index contributed by atoms with van der Waals surface area (Å²) in [5, 5.41) is 12.9. The van der Waals surface area contributed by atoms with Gasteiger partial charge in [0.15, 0.2) is 5.76 Å². The smallest absolute Gasteiger partial charge is 0.335 e. The Morgan fingerprint density at radius 3 is 2.24 bits per heavy atom. The van der Waals surface area contributed by atoms with Gasteiger partial charge in [-0.2, -0.15) is 0 Å². The fourth-order valence-electron chi connectivity index (χ4n) is 2.05. The highest BCUT2D eigenvalue weighted by atomic mass is 16.5. The number of hydrogen-bond donors (Lipinski definition) is 1. The SMILES string of the molecule is Cc1ccc(-c2cc(-c3ccc(C(=O)O)cc3)no2)cc1. The number of aromatic carboxylic acids is 1. The van der Waals surface area contributed by atoms with E-state index < -0.39 is 5.97 Å². The van der Waals surface area contributed by atoms with Crippen LogP contribution in [0.15, 0.2) is 59.1 Å². The molecule has 3 aromatic rings. The molecule has 1 heterocycles. The number of aromatic nitrogens is 1. The average Bonchev–Trinajstić information content (AvgIpc) is 2.98. The zero-order valence-corrected chi connectivity index (χ0v) is 11.4. The highest BCUT2D eigenvalue weighted by Crippen LogP contribution is 2.26. The summed E-state index contributed by atoms with van der Waals surface area (Å²) >= 11 is 0. The van der Waals surface area contributed by atoms with E-state index in [9.17, 15) is 4.79 Å². The summed E-state index contributed by atoms with van der Waals surface area (Å²) in [5.74, 6) is -0.255. The highest BCUT2D eigenvalue weighted by molar-refractivity contribution is 5.88. The normalized spacial score (nSPS) is 10.5. The summed E-state index contributed by atoms with van der Waals surface area (Å²) in [6, 6.07) is 16.4. The van der Waals surface area contributed by atoms with Crippen LogP contribution < -0.4 is 0 Å². The third kappa shape index (κ3) is 2.69. The van der Waals surface area contributed by atoms with E-state index in [1.165, 1.54) is 5.56 Å². The van der Waals surface area contributed by atoms with Crippen LogP contribution in [0.2, 0.25) is 0 Å². The molecule has 0 aliphatic rings. The molecule has 0 fully saturated rings. The van der Waals surface area contributed by atoms with Gasteiger partial charge in [0.05, 0.1) is 5.56 Å². The van der Waals surface area contributed by atoms with Gasteiger partial charge in [-0.1, -0.05) is 47.1 Å². The molecule has 0 spiro atoms. The Bertz CT molecular complexity index is 771. The lowest BCUT2D eigenvalue weighted by Crippen LogP contribution is -1.94. The van der Waals surface area contributed by atoms with Crippen LogP contribution in [0.1, 0.15) is 15.9 Å². The van der Waals surface area contributed by atoms with Crippen molar-refractivity contribution in [3.8, 4) is 22.6 Å². The third-order valence-corrected chi connectivity index (χ3v) is 3.27. The largest absolute Gasteiger partial charge is 0.478 e. The molecule has 0 radical (unpaired) electrons. The van der Waals surface area contributed by atoms with E-state index in [0.29, 0.717) is 11.5 Å². The van der Waals surface area contributed by atoms with E-state index in [0.717, 1.165) is 11.1 Å². The van der Waals surface area contributed by atoms with Crippen molar-refractivity contribution in [2.45, 2.75) is 6.92 Å². The van der Waals surface area contributed by atoms with Gasteiger partial charge >= 0.3 is 5.97 Å². The monoisotopic (exact) mass is 279 g/mol. The first kappa shape index (κ1) is 13.1. The molecule has 3 rings (SSSR count). The van der Waals surface area contributed by atoms with Crippen LogP contribution in [0.3, 0.4) is 0 Å². The van der Waals surface area contributed by atoms with Gasteiger partial charge in [0, 0.05) is 17.2 Å². The molecule has 0 aliphatic heterocycles. The van der Waals surface area contributed by atoms with E-state index in [2.05, 4.69) is 5.16 Å². The molecule has 1 N–H and O–H groups in total. The summed E-state index contributed by atoms with van der Waals surface area (Å²) in [4.78, 5) is 10.8. The van der Waals surface area contributed by atoms with E-state index in [1.807, 2.05) is 37.3 Å². The molecule has 0 unspecified atom stereocenters. The maximum absolute atomic E-state index is 10.8. The van der Waals surface area contributed by atoms with Crippen LogP contribution in [-0.4, -0.2) is 16.2 Å². The van der Waals surface area contributed by atoms with Crippen molar-refractivity contribution in [3.05, 3.63) is 65.7 Å². The number of carboxylic acids is 1. The lowest BCUT2D eigenvalue weighted by molar-refractivity contribution is 0.0697. The molecule has 21 heavy (non-hydrogen) atoms. The molecular weight excluding hydrogens is 266 g/mol. The number of rotatable bonds is 3. The Hall–Kier alpha value is -2.88. The minimum absolute atomic E-state index is 0.251. The molecule has 104 valence electrons. The minimum atomic E-state index is -0.943. The fourth-order valence-corrected chi connectivity index (χ4v) is 2.05. The van der Waals surface area contributed by atoms with Crippen LogP contribution in [-0.2, 0) is 0 Å². The summed E-state index contributed by atoms with van der Waals surface area (Å²) in [6.07, 6.45) is 0. The maximum Gasteiger partial charge on any atom is 0.335 e. The molecule has 0 amide bonds. The quantitative estimate of drug-likeness (QED) is 0.786. The fraction of sp³-hybridized carbons (Fsp3) is 0.0588. The molecule has 2 aromatic carbocycles. The number of carboxylic acid groups (broad SMARTS) is 1. The Morgan fingerprint density at radius 2 is 1.62 bits per heavy atom. The molecule has 0 saturated carbocycles. The lowest BCUT2D eigenvalue weighted by Gasteiger charge is -1.97. The first-order valence-corrected chi connectivity index (χ1v) is 6.51. The van der Waals surface area contributed by atoms with Crippen LogP contribution in [0.5, 0.6) is 0 Å². The van der Waals surface area contributed by atoms with Crippen molar-refractivity contribution in [3.63, 3.8) is 0 Å². The standard InChI is InChI=1S/C17H13NO3/c1-11-2-4-13(5-3-11)16-10-15(18-21-16)12-6-8-14(9-7-12)17(19)20/h2-10H,1H3,(H,19,20). The van der Waals surface area contributed by atoms with Gasteiger partial charge in [-0.15, -0.1) is 0 Å². The number of benzene rings is 2. The van der Waals surface area contributed by atoms with Gasteiger partial charge < -0.3 is 9.63 Å². The summed E-state index contributed by atoms with van der Waals surface area (Å²) < 4.78 is 5.36. The third-order valence-electron chi connectivity index (χ3n) is 3.27. The lowest BCUT2D eigenvalue weighted by atomic mass is 10.1. The Balaban J connectivity index is 1.90. The van der Waals surface area contributed by atoms with Crippen LogP contribution in [0.4, 0.5) is 0 Å². The Morgan fingerprint density at radius 1 is 1.00 bits per heavy atom. The molecule has 4 heteroatoms. The van der Waals surface area contributed by atoms with Crippen molar-refractivity contribution >= 4 is 5.97 Å². The maximum atomic E-state index is 10.8. The summed E-state index contributed by atoms with van der Waals surface area (Å²) in [5.41, 5.74) is 3.90. The van der Waals surface area contributed by atoms with Gasteiger partial charge in [-0.3, -0.25) is 0 Å². The van der Waals surface area contributed by atoms with Gasteiger partial charge in [0.2, 0.25) is 0 Å². The van der Waals surface area contributed by atoms with Crippen molar-refractivity contribution in [1.82, 2.24) is 5.16 Å². The van der Waals surface area contributed by atoms with Crippen molar-refractivity contribution < 1.29 is 14.4 Å². The van der Waals surface area contributed by atoms with E-state index in [1.54, 1.807) is 24.3 Å². The predicted octanol–water partition coefficient (Wildman–Crippen LogP) is 4.02. The summed E-state index contributed by atoms with van der Waals surface area (Å²) in [6.45, 7) is 2.03. The molecule has 1 aromatic heterocycles. The molecule has 0 atom stereocenters. The number of aryl methyl sites for hydroxylation is 1. The second kappa shape index (κ2) is 5.25. The van der Waals surface area contributed by atoms with Crippen molar-refractivity contribution in [2.24, 2.45) is 0 Å². The van der Waals surface area contributed by atoms with Gasteiger partial charge in [0.25, 0.3) is 0 Å². The van der Waals surface area contributed by atoms with Crippen LogP contribution >= 0.6 is 0 Å². The predicted molar refractivity (Wildman–Crippen MR) is 79.1 cm³/mol. The van der Waals surface area contributed by atoms with Gasteiger partial charge in [0.1, 0.15) is 5.69 Å². The van der Waals surface area contributed by atoms with Crippen molar-refractivity contribution in [2.75, 3.05) is 0 Å².